The van der Waals surface area contributed by atoms with Crippen molar-refractivity contribution in [1.82, 2.24) is 0 Å². The van der Waals surface area contributed by atoms with Crippen molar-refractivity contribution in [3.05, 3.63) is 60.8 Å². The number of carbonyl (C=O) groups is 2. The highest BCUT2D eigenvalue weighted by molar-refractivity contribution is 5.70. The van der Waals surface area contributed by atoms with E-state index in [4.69, 9.17) is 14.2 Å². The normalized spacial score (nSPS) is 12.6. The molecule has 0 aromatic heterocycles. The molecule has 0 rings (SSSR count). The minimum absolute atomic E-state index is 0.0750. The van der Waals surface area contributed by atoms with E-state index in [1.165, 1.54) is 148 Å². The Morgan fingerprint density at radius 3 is 1.18 bits per heavy atom. The summed E-state index contributed by atoms with van der Waals surface area (Å²) in [4.78, 5) is 25.4. The minimum atomic E-state index is -0.548. The monoisotopic (exact) mass is 867 g/mol. The van der Waals surface area contributed by atoms with Crippen LogP contribution < -0.4 is 0 Å². The Kier molecular flexibility index (Phi) is 50.9. The summed E-state index contributed by atoms with van der Waals surface area (Å²) >= 11 is 0. The Hall–Kier alpha value is -2.40. The van der Waals surface area contributed by atoms with Gasteiger partial charge in [-0.1, -0.05) is 229 Å². The van der Waals surface area contributed by atoms with E-state index >= 15 is 0 Å². The first-order valence-corrected chi connectivity index (χ1v) is 26.8. The molecule has 62 heavy (non-hydrogen) atoms. The Morgan fingerprint density at radius 2 is 0.726 bits per heavy atom. The van der Waals surface area contributed by atoms with E-state index in [1.807, 2.05) is 0 Å². The van der Waals surface area contributed by atoms with Crippen molar-refractivity contribution in [2.75, 3.05) is 19.8 Å². The van der Waals surface area contributed by atoms with Gasteiger partial charge in [-0.3, -0.25) is 9.59 Å². The summed E-state index contributed by atoms with van der Waals surface area (Å²) in [7, 11) is 0. The van der Waals surface area contributed by atoms with Gasteiger partial charge in [0, 0.05) is 19.4 Å². The van der Waals surface area contributed by atoms with Crippen LogP contribution in [0, 0.1) is 0 Å². The molecule has 0 radical (unpaired) electrons. The second-order valence-electron chi connectivity index (χ2n) is 17.8. The van der Waals surface area contributed by atoms with Gasteiger partial charge >= 0.3 is 11.9 Å². The zero-order valence-electron chi connectivity index (χ0n) is 41.4. The number of hydrogen-bond donors (Lipinski definition) is 0. The van der Waals surface area contributed by atoms with Crippen LogP contribution in [0.4, 0.5) is 0 Å². The van der Waals surface area contributed by atoms with E-state index in [1.54, 1.807) is 0 Å². The van der Waals surface area contributed by atoms with Crippen molar-refractivity contribution in [2.45, 2.75) is 271 Å². The Bertz CT molecular complexity index is 1070. The largest absolute Gasteiger partial charge is 0.462 e. The second kappa shape index (κ2) is 52.9. The highest BCUT2D eigenvalue weighted by Gasteiger charge is 2.17. The summed E-state index contributed by atoms with van der Waals surface area (Å²) in [6, 6.07) is 0. The quantitative estimate of drug-likeness (QED) is 0.0346. The molecule has 0 aromatic carbocycles. The van der Waals surface area contributed by atoms with Crippen LogP contribution in [0.5, 0.6) is 0 Å². The number of esters is 2. The smallest absolute Gasteiger partial charge is 0.306 e. The number of carbonyl (C=O) groups excluding carboxylic acids is 2. The average Bonchev–Trinajstić information content (AvgIpc) is 3.27. The fraction of sp³-hybridized carbons (Fsp3) is 0.789. The van der Waals surface area contributed by atoms with E-state index in [2.05, 4.69) is 81.5 Å². The Labute approximate surface area is 385 Å². The number of hydrogen-bond acceptors (Lipinski definition) is 5. The molecule has 0 spiro atoms. The van der Waals surface area contributed by atoms with E-state index < -0.39 is 6.10 Å². The molecule has 5 nitrogen and oxygen atoms in total. The maximum absolute atomic E-state index is 12.8. The third-order valence-electron chi connectivity index (χ3n) is 11.5. The molecule has 0 aliphatic rings. The lowest BCUT2D eigenvalue weighted by Crippen LogP contribution is -2.30. The molecular formula is C57H102O5. The molecule has 0 heterocycles. The van der Waals surface area contributed by atoms with Gasteiger partial charge in [-0.05, 0) is 83.5 Å². The zero-order valence-corrected chi connectivity index (χ0v) is 41.4. The van der Waals surface area contributed by atoms with Crippen LogP contribution in [-0.2, 0) is 23.8 Å². The van der Waals surface area contributed by atoms with E-state index in [-0.39, 0.29) is 25.2 Å². The minimum Gasteiger partial charge on any atom is -0.462 e. The van der Waals surface area contributed by atoms with Crippen LogP contribution in [0.3, 0.4) is 0 Å². The molecular weight excluding hydrogens is 765 g/mol. The molecule has 0 amide bonds. The highest BCUT2D eigenvalue weighted by atomic mass is 16.6. The first-order valence-electron chi connectivity index (χ1n) is 26.8. The Balaban J connectivity index is 4.29. The molecule has 0 fully saturated rings. The summed E-state index contributed by atoms with van der Waals surface area (Å²) in [6.07, 6.45) is 66.6. The third-order valence-corrected chi connectivity index (χ3v) is 11.5. The van der Waals surface area contributed by atoms with Crippen molar-refractivity contribution in [2.24, 2.45) is 0 Å². The predicted octanol–water partition coefficient (Wildman–Crippen LogP) is 18.1. The maximum Gasteiger partial charge on any atom is 0.306 e. The van der Waals surface area contributed by atoms with Crippen molar-refractivity contribution < 1.29 is 23.8 Å². The van der Waals surface area contributed by atoms with Gasteiger partial charge in [-0.15, -0.1) is 0 Å². The van der Waals surface area contributed by atoms with Gasteiger partial charge in [0.25, 0.3) is 0 Å². The maximum atomic E-state index is 12.8. The van der Waals surface area contributed by atoms with Crippen molar-refractivity contribution in [3.8, 4) is 0 Å². The summed E-state index contributed by atoms with van der Waals surface area (Å²) in [5.41, 5.74) is 0. The van der Waals surface area contributed by atoms with Gasteiger partial charge in [-0.25, -0.2) is 0 Å². The molecule has 0 saturated heterocycles. The van der Waals surface area contributed by atoms with E-state index in [9.17, 15) is 9.59 Å². The lowest BCUT2D eigenvalue weighted by atomic mass is 10.0. The lowest BCUT2D eigenvalue weighted by Gasteiger charge is -2.18. The molecule has 0 saturated carbocycles. The van der Waals surface area contributed by atoms with Gasteiger partial charge in [0.15, 0.2) is 6.10 Å². The average molecular weight is 867 g/mol. The molecule has 0 aliphatic carbocycles. The van der Waals surface area contributed by atoms with Crippen LogP contribution in [-0.4, -0.2) is 37.9 Å². The third kappa shape index (κ3) is 50.2. The van der Waals surface area contributed by atoms with Crippen molar-refractivity contribution in [3.63, 3.8) is 0 Å². The van der Waals surface area contributed by atoms with Crippen LogP contribution in [0.15, 0.2) is 60.8 Å². The molecule has 5 heteroatoms. The topological polar surface area (TPSA) is 61.8 Å². The van der Waals surface area contributed by atoms with Crippen LogP contribution >= 0.6 is 0 Å². The number of allylic oxidation sites excluding steroid dienone is 10. The second-order valence-corrected chi connectivity index (χ2v) is 17.8. The van der Waals surface area contributed by atoms with Gasteiger partial charge in [0.1, 0.15) is 6.61 Å². The van der Waals surface area contributed by atoms with Crippen LogP contribution in [0.2, 0.25) is 0 Å². The summed E-state index contributed by atoms with van der Waals surface area (Å²) in [6.45, 7) is 7.69. The molecule has 1 atom stereocenters. The highest BCUT2D eigenvalue weighted by Crippen LogP contribution is 2.15. The molecule has 360 valence electrons. The van der Waals surface area contributed by atoms with Gasteiger partial charge < -0.3 is 14.2 Å². The molecule has 0 aromatic rings. The van der Waals surface area contributed by atoms with E-state index in [0.29, 0.717) is 19.4 Å². The van der Waals surface area contributed by atoms with Crippen LogP contribution in [0.1, 0.15) is 265 Å². The Morgan fingerprint density at radius 1 is 0.371 bits per heavy atom. The van der Waals surface area contributed by atoms with Gasteiger partial charge in [0.2, 0.25) is 0 Å². The number of unbranched alkanes of at least 4 members (excludes halogenated alkanes) is 28. The molecule has 0 N–H and O–H groups in total. The van der Waals surface area contributed by atoms with E-state index in [0.717, 1.165) is 83.5 Å². The predicted molar refractivity (Wildman–Crippen MR) is 270 cm³/mol. The molecule has 0 aliphatic heterocycles. The summed E-state index contributed by atoms with van der Waals surface area (Å²) < 4.78 is 17.4. The first kappa shape index (κ1) is 59.6. The molecule has 1 unspecified atom stereocenters. The molecule has 0 bridgehead atoms. The fourth-order valence-electron chi connectivity index (χ4n) is 7.56. The van der Waals surface area contributed by atoms with Gasteiger partial charge in [0.05, 0.1) is 6.61 Å². The first-order chi connectivity index (χ1) is 30.6. The summed E-state index contributed by atoms with van der Waals surface area (Å²) in [5.74, 6) is -0.409. The zero-order chi connectivity index (χ0) is 44.9. The fourth-order valence-corrected chi connectivity index (χ4v) is 7.56. The summed E-state index contributed by atoms with van der Waals surface area (Å²) in [5, 5.41) is 0. The van der Waals surface area contributed by atoms with Crippen molar-refractivity contribution >= 4 is 11.9 Å². The lowest BCUT2D eigenvalue weighted by molar-refractivity contribution is -0.163. The van der Waals surface area contributed by atoms with Crippen LogP contribution in [0.25, 0.3) is 0 Å². The number of rotatable bonds is 49. The SMILES string of the molecule is CC/C=C\C/C=C\C/C=C\C/C=C\CCCCCCCOCC(COC(=O)CCCCCCC/C=C\CCCCCCCC)OC(=O)CCCCCCCCCCCCCCC. The standard InChI is InChI=1S/C57H102O5/c1-4-7-10-13-16-19-22-25-27-28-29-31-34-37-40-43-46-49-52-60-53-55(62-57(59)51-48-45-42-39-36-32-24-21-18-15-12-9-6-3)54-61-56(58)50-47-44-41-38-35-33-30-26-23-20-17-14-11-8-5-2/h7,10,16,19,25-27,29-31,55H,4-6,8-9,11-15,17-18,20-24,28,32-54H2,1-3H3/b10-7-,19-16-,27-25-,30-26-,31-29-. The van der Waals surface area contributed by atoms with Crippen molar-refractivity contribution in [1.29, 1.82) is 0 Å². The number of ether oxygens (including phenoxy) is 3. The van der Waals surface area contributed by atoms with Gasteiger partial charge in [-0.2, -0.15) is 0 Å².